The van der Waals surface area contributed by atoms with Gasteiger partial charge in [0.15, 0.2) is 0 Å². The molecule has 2 atom stereocenters. The summed E-state index contributed by atoms with van der Waals surface area (Å²) < 4.78 is 21.8. The summed E-state index contributed by atoms with van der Waals surface area (Å²) in [5.74, 6) is 0. The molecule has 0 saturated carbocycles. The third-order valence-electron chi connectivity index (χ3n) is 6.35. The van der Waals surface area contributed by atoms with Gasteiger partial charge in [-0.2, -0.15) is 0 Å². The summed E-state index contributed by atoms with van der Waals surface area (Å²) in [7, 11) is -1.08. The van der Waals surface area contributed by atoms with Gasteiger partial charge in [-0.1, -0.05) is 6.07 Å². The van der Waals surface area contributed by atoms with Crippen LogP contribution in [0.1, 0.15) is 50.8 Å². The molecule has 2 heterocycles. The predicted molar refractivity (Wildman–Crippen MR) is 111 cm³/mol. The van der Waals surface area contributed by atoms with Gasteiger partial charge in [0.25, 0.3) is 0 Å². The third-order valence-corrected chi connectivity index (χ3v) is 7.91. The van der Waals surface area contributed by atoms with Crippen molar-refractivity contribution in [1.82, 2.24) is 10.0 Å². The fourth-order valence-electron chi connectivity index (χ4n) is 4.70. The maximum absolute atomic E-state index is 13.0. The van der Waals surface area contributed by atoms with Crippen molar-refractivity contribution < 1.29 is 8.95 Å². The normalized spacial score (nSPS) is 26.2. The highest BCUT2D eigenvalue weighted by Gasteiger charge is 2.47. The zero-order valence-electron chi connectivity index (χ0n) is 16.8. The monoisotopic (exact) mass is 391 g/mol. The minimum atomic E-state index is -1.08. The van der Waals surface area contributed by atoms with E-state index in [2.05, 4.69) is 33.1 Å². The van der Waals surface area contributed by atoms with Crippen molar-refractivity contribution in [2.45, 2.75) is 50.8 Å². The van der Waals surface area contributed by atoms with Crippen LogP contribution in [-0.4, -0.2) is 48.3 Å². The number of nitrogens with one attached hydrogen (secondary N) is 2. The largest absolute Gasteiger partial charge is 0.378 e. The Kier molecular flexibility index (Phi) is 5.36. The number of hydrogen-bond donors (Lipinski definition) is 2. The average Bonchev–Trinajstić information content (AvgIpc) is 2.94. The molecule has 27 heavy (non-hydrogen) atoms. The van der Waals surface area contributed by atoms with E-state index in [9.17, 15) is 4.21 Å². The Morgan fingerprint density at radius 2 is 1.93 bits per heavy atom. The Bertz CT molecular complexity index is 704. The zero-order chi connectivity index (χ0) is 19.1. The molecule has 0 aromatic heterocycles. The minimum Gasteiger partial charge on any atom is -0.378 e. The van der Waals surface area contributed by atoms with Gasteiger partial charge in [-0.25, -0.2) is 8.93 Å². The van der Waals surface area contributed by atoms with Gasteiger partial charge in [0, 0.05) is 18.8 Å². The molecule has 1 aromatic rings. The molecule has 6 heteroatoms. The lowest BCUT2D eigenvalue weighted by Gasteiger charge is -2.40. The number of hydrogen-bond acceptors (Lipinski definition) is 4. The number of rotatable bonds is 3. The Hall–Kier alpha value is -0.950. The van der Waals surface area contributed by atoms with Crippen LogP contribution in [0.4, 0.5) is 5.69 Å². The molecule has 2 saturated heterocycles. The summed E-state index contributed by atoms with van der Waals surface area (Å²) in [6, 6.07) is 7.10. The molecule has 2 fully saturated rings. The fourth-order valence-corrected chi connectivity index (χ4v) is 5.65. The Morgan fingerprint density at radius 3 is 2.59 bits per heavy atom. The van der Waals surface area contributed by atoms with Crippen LogP contribution < -0.4 is 14.9 Å². The lowest BCUT2D eigenvalue weighted by atomic mass is 9.73. The van der Waals surface area contributed by atoms with Crippen molar-refractivity contribution in [3.63, 3.8) is 0 Å². The molecular weight excluding hydrogens is 358 g/mol. The van der Waals surface area contributed by atoms with Crippen LogP contribution in [0, 0.1) is 5.41 Å². The Balaban J connectivity index is 1.67. The van der Waals surface area contributed by atoms with Gasteiger partial charge in [-0.15, -0.1) is 0 Å². The molecule has 4 rings (SSSR count). The van der Waals surface area contributed by atoms with Crippen LogP contribution in [0.25, 0.3) is 0 Å². The molecule has 0 radical (unpaired) electrons. The van der Waals surface area contributed by atoms with Crippen LogP contribution in [-0.2, 0) is 22.1 Å². The number of benzene rings is 1. The van der Waals surface area contributed by atoms with Gasteiger partial charge in [0.1, 0.15) is 0 Å². The van der Waals surface area contributed by atoms with Crippen molar-refractivity contribution in [1.29, 1.82) is 0 Å². The molecule has 0 amide bonds. The minimum absolute atomic E-state index is 0.163. The number of morpholine rings is 1. The molecule has 3 aliphatic rings. The van der Waals surface area contributed by atoms with Crippen molar-refractivity contribution in [3.05, 3.63) is 29.3 Å². The second kappa shape index (κ2) is 7.47. The first-order valence-corrected chi connectivity index (χ1v) is 11.4. The summed E-state index contributed by atoms with van der Waals surface area (Å²) in [6.07, 6.45) is 3.35. The van der Waals surface area contributed by atoms with Crippen molar-refractivity contribution >= 4 is 16.7 Å². The van der Waals surface area contributed by atoms with Gasteiger partial charge in [-0.3, -0.25) is 0 Å². The fraction of sp³-hybridized carbons (Fsp3) is 0.714. The van der Waals surface area contributed by atoms with E-state index in [1.54, 1.807) is 0 Å². The maximum atomic E-state index is 13.0. The molecule has 2 N–H and O–H groups in total. The molecule has 1 unspecified atom stereocenters. The molecule has 1 aromatic carbocycles. The van der Waals surface area contributed by atoms with Gasteiger partial charge in [0.2, 0.25) is 0 Å². The van der Waals surface area contributed by atoms with Crippen LogP contribution in [0.3, 0.4) is 0 Å². The number of nitrogens with zero attached hydrogens (tertiary/aromatic N) is 1. The topological polar surface area (TPSA) is 53.6 Å². The second-order valence-electron chi connectivity index (χ2n) is 9.20. The second-order valence-corrected chi connectivity index (χ2v) is 11.2. The van der Waals surface area contributed by atoms with Crippen LogP contribution in [0.2, 0.25) is 0 Å². The Labute approximate surface area is 165 Å². The van der Waals surface area contributed by atoms with Crippen molar-refractivity contribution in [3.8, 4) is 0 Å². The lowest BCUT2D eigenvalue weighted by Crippen LogP contribution is -2.46. The highest BCUT2D eigenvalue weighted by Crippen LogP contribution is 2.52. The quantitative estimate of drug-likeness (QED) is 0.831. The van der Waals surface area contributed by atoms with E-state index in [-0.39, 0.29) is 16.2 Å². The summed E-state index contributed by atoms with van der Waals surface area (Å²) in [6.45, 7) is 11.7. The zero-order valence-corrected chi connectivity index (χ0v) is 17.7. The summed E-state index contributed by atoms with van der Waals surface area (Å²) in [4.78, 5) is 2.41. The van der Waals surface area contributed by atoms with Crippen molar-refractivity contribution in [2.24, 2.45) is 5.41 Å². The van der Waals surface area contributed by atoms with Gasteiger partial charge in [-0.05, 0) is 81.8 Å². The van der Waals surface area contributed by atoms with E-state index in [0.29, 0.717) is 0 Å². The standard InChI is InChI=1S/C21H33N3O2S/c1-20(2,3)27(25)23-19-18-14-17(24-10-12-26-13-11-24)5-4-16(18)15-21(19)6-8-22-9-7-21/h4-5,14,19,22-23H,6-13,15H2,1-3H3/t19-,27?/m1/s1. The highest BCUT2D eigenvalue weighted by molar-refractivity contribution is 7.84. The van der Waals surface area contributed by atoms with Crippen LogP contribution >= 0.6 is 0 Å². The number of ether oxygens (including phenoxy) is 1. The van der Waals surface area contributed by atoms with Crippen LogP contribution in [0.5, 0.6) is 0 Å². The first-order chi connectivity index (χ1) is 12.9. The highest BCUT2D eigenvalue weighted by atomic mass is 32.2. The van der Waals surface area contributed by atoms with E-state index in [1.165, 1.54) is 16.8 Å². The van der Waals surface area contributed by atoms with E-state index in [0.717, 1.165) is 58.7 Å². The molecule has 1 spiro atoms. The third kappa shape index (κ3) is 3.82. The smallest absolute Gasteiger partial charge is 0.0976 e. The molecule has 1 aliphatic carbocycles. The first kappa shape index (κ1) is 19.4. The number of anilines is 1. The van der Waals surface area contributed by atoms with Crippen molar-refractivity contribution in [2.75, 3.05) is 44.3 Å². The lowest BCUT2D eigenvalue weighted by molar-refractivity contribution is 0.122. The van der Waals surface area contributed by atoms with E-state index < -0.39 is 11.0 Å². The SMILES string of the molecule is CC(C)(C)S(=O)N[C@@H]1c2cc(N3CCOCC3)ccc2CC12CCNCC2. The average molecular weight is 392 g/mol. The van der Waals surface area contributed by atoms with E-state index in [4.69, 9.17) is 4.74 Å². The molecular formula is C21H33N3O2S. The molecule has 150 valence electrons. The summed E-state index contributed by atoms with van der Waals surface area (Å²) in [5, 5.41) is 3.50. The van der Waals surface area contributed by atoms with Gasteiger partial charge in [0.05, 0.1) is 35.0 Å². The number of piperidine rings is 1. The maximum Gasteiger partial charge on any atom is 0.0976 e. The molecule has 5 nitrogen and oxygen atoms in total. The molecule has 0 bridgehead atoms. The summed E-state index contributed by atoms with van der Waals surface area (Å²) in [5.41, 5.74) is 4.24. The molecule has 2 aliphatic heterocycles. The summed E-state index contributed by atoms with van der Waals surface area (Å²) >= 11 is 0. The van der Waals surface area contributed by atoms with Gasteiger partial charge < -0.3 is 15.0 Å². The van der Waals surface area contributed by atoms with E-state index in [1.807, 2.05) is 20.8 Å². The first-order valence-electron chi connectivity index (χ1n) is 10.2. The number of fused-ring (bicyclic) bond motifs is 1. The van der Waals surface area contributed by atoms with Gasteiger partial charge >= 0.3 is 0 Å². The van der Waals surface area contributed by atoms with E-state index >= 15 is 0 Å². The van der Waals surface area contributed by atoms with Crippen LogP contribution in [0.15, 0.2) is 18.2 Å². The predicted octanol–water partition coefficient (Wildman–Crippen LogP) is 2.54. The Morgan fingerprint density at radius 1 is 1.22 bits per heavy atom.